The Labute approximate surface area is 173 Å². The Hall–Kier alpha value is -3.57. The minimum atomic E-state index is -0.0679. The quantitative estimate of drug-likeness (QED) is 0.542. The van der Waals surface area contributed by atoms with Crippen molar-refractivity contribution >= 4 is 16.9 Å². The van der Waals surface area contributed by atoms with E-state index in [4.69, 9.17) is 9.15 Å². The van der Waals surface area contributed by atoms with Gasteiger partial charge in [-0.25, -0.2) is 0 Å². The van der Waals surface area contributed by atoms with E-state index in [1.54, 1.807) is 18.2 Å². The third-order valence-electron chi connectivity index (χ3n) is 5.46. The van der Waals surface area contributed by atoms with E-state index in [0.717, 1.165) is 22.3 Å². The molecule has 0 saturated carbocycles. The van der Waals surface area contributed by atoms with Crippen LogP contribution in [-0.4, -0.2) is 31.4 Å². The molecule has 3 aromatic carbocycles. The molecule has 0 spiro atoms. The van der Waals surface area contributed by atoms with Gasteiger partial charge in [0.15, 0.2) is 11.3 Å². The van der Waals surface area contributed by atoms with E-state index in [-0.39, 0.29) is 11.2 Å². The van der Waals surface area contributed by atoms with Crippen molar-refractivity contribution in [3.05, 3.63) is 83.0 Å². The van der Waals surface area contributed by atoms with Crippen LogP contribution in [0.25, 0.3) is 33.2 Å². The molecule has 5 heteroatoms. The molecule has 0 unspecified atom stereocenters. The lowest BCUT2D eigenvalue weighted by Gasteiger charge is -2.27. The Bertz CT molecular complexity index is 1260. The maximum atomic E-state index is 12.8. The molecule has 1 saturated heterocycles. The van der Waals surface area contributed by atoms with Crippen molar-refractivity contribution in [3.8, 4) is 28.0 Å². The number of fused-ring (bicyclic) bond motifs is 1. The second kappa shape index (κ2) is 7.69. The third kappa shape index (κ3) is 3.33. The Morgan fingerprint density at radius 1 is 0.800 bits per heavy atom. The fourth-order valence-electron chi connectivity index (χ4n) is 3.88. The molecule has 1 aromatic heterocycles. The number of nitrogens with zero attached hydrogens (tertiary/aromatic N) is 1. The summed E-state index contributed by atoms with van der Waals surface area (Å²) in [5.41, 5.74) is 3.83. The highest BCUT2D eigenvalue weighted by atomic mass is 16.5. The second-order valence-electron chi connectivity index (χ2n) is 7.33. The van der Waals surface area contributed by atoms with Gasteiger partial charge in [-0.05, 0) is 29.3 Å². The van der Waals surface area contributed by atoms with Gasteiger partial charge >= 0.3 is 0 Å². The van der Waals surface area contributed by atoms with E-state index in [9.17, 15) is 9.90 Å². The van der Waals surface area contributed by atoms with Crippen LogP contribution in [0.15, 0.2) is 82.0 Å². The van der Waals surface area contributed by atoms with E-state index in [1.165, 1.54) is 0 Å². The van der Waals surface area contributed by atoms with Crippen molar-refractivity contribution in [2.45, 2.75) is 0 Å². The standard InChI is InChI=1S/C25H21NO4/c27-22-10-9-18(15-21(22)17-5-2-1-3-6-17)19-7-4-8-20-23(28)16-24(30-25(19)20)26-11-13-29-14-12-26/h1-10,15-16,27H,11-14H2. The number of benzene rings is 3. The molecule has 0 atom stereocenters. The number of para-hydroxylation sites is 1. The van der Waals surface area contributed by atoms with E-state index in [2.05, 4.69) is 0 Å². The van der Waals surface area contributed by atoms with Gasteiger partial charge in [-0.15, -0.1) is 0 Å². The zero-order valence-electron chi connectivity index (χ0n) is 16.4. The fourth-order valence-corrected chi connectivity index (χ4v) is 3.88. The summed E-state index contributed by atoms with van der Waals surface area (Å²) in [6, 6.07) is 22.3. The summed E-state index contributed by atoms with van der Waals surface area (Å²) >= 11 is 0. The normalized spacial score (nSPS) is 14.2. The summed E-state index contributed by atoms with van der Waals surface area (Å²) in [6.07, 6.45) is 0. The average molecular weight is 399 g/mol. The molecule has 2 heterocycles. The molecule has 5 rings (SSSR count). The van der Waals surface area contributed by atoms with Crippen molar-refractivity contribution in [1.29, 1.82) is 0 Å². The molecule has 1 aliphatic rings. The predicted molar refractivity (Wildman–Crippen MR) is 118 cm³/mol. The van der Waals surface area contributed by atoms with Gasteiger partial charge in [-0.2, -0.15) is 0 Å². The van der Waals surface area contributed by atoms with Crippen LogP contribution in [0.3, 0.4) is 0 Å². The zero-order chi connectivity index (χ0) is 20.5. The molecule has 4 aromatic rings. The van der Waals surface area contributed by atoms with Gasteiger partial charge in [0.25, 0.3) is 0 Å². The Balaban J connectivity index is 1.68. The molecule has 30 heavy (non-hydrogen) atoms. The predicted octanol–water partition coefficient (Wildman–Crippen LogP) is 4.67. The smallest absolute Gasteiger partial charge is 0.200 e. The number of hydrogen-bond acceptors (Lipinski definition) is 5. The van der Waals surface area contributed by atoms with Crippen LogP contribution in [0.2, 0.25) is 0 Å². The van der Waals surface area contributed by atoms with Crippen LogP contribution in [0, 0.1) is 0 Å². The molecule has 1 N–H and O–H groups in total. The first kappa shape index (κ1) is 18.5. The lowest BCUT2D eigenvalue weighted by Crippen LogP contribution is -2.36. The summed E-state index contributed by atoms with van der Waals surface area (Å²) in [4.78, 5) is 14.8. The largest absolute Gasteiger partial charge is 0.507 e. The highest BCUT2D eigenvalue weighted by Crippen LogP contribution is 2.36. The average Bonchev–Trinajstić information content (AvgIpc) is 2.80. The first-order valence-corrected chi connectivity index (χ1v) is 9.99. The maximum absolute atomic E-state index is 12.8. The lowest BCUT2D eigenvalue weighted by atomic mass is 9.97. The van der Waals surface area contributed by atoms with Gasteiger partial charge in [0.2, 0.25) is 0 Å². The van der Waals surface area contributed by atoms with Gasteiger partial charge in [0.05, 0.1) is 18.6 Å². The highest BCUT2D eigenvalue weighted by molar-refractivity contribution is 5.93. The number of anilines is 1. The van der Waals surface area contributed by atoms with Crippen LogP contribution in [-0.2, 0) is 4.74 Å². The number of aromatic hydroxyl groups is 1. The number of morpholine rings is 1. The van der Waals surface area contributed by atoms with Crippen molar-refractivity contribution < 1.29 is 14.3 Å². The summed E-state index contributed by atoms with van der Waals surface area (Å²) in [5.74, 6) is 0.769. The van der Waals surface area contributed by atoms with Gasteiger partial charge < -0.3 is 19.2 Å². The second-order valence-corrected chi connectivity index (χ2v) is 7.33. The molecular weight excluding hydrogens is 378 g/mol. The van der Waals surface area contributed by atoms with Gasteiger partial charge in [-0.3, -0.25) is 4.79 Å². The van der Waals surface area contributed by atoms with Crippen LogP contribution < -0.4 is 10.3 Å². The first-order chi connectivity index (χ1) is 14.7. The monoisotopic (exact) mass is 399 g/mol. The first-order valence-electron chi connectivity index (χ1n) is 9.99. The molecular formula is C25H21NO4. The van der Waals surface area contributed by atoms with Gasteiger partial charge in [-0.1, -0.05) is 48.5 Å². The maximum Gasteiger partial charge on any atom is 0.200 e. The van der Waals surface area contributed by atoms with Crippen LogP contribution >= 0.6 is 0 Å². The van der Waals surface area contributed by atoms with Crippen LogP contribution in [0.5, 0.6) is 5.75 Å². The number of hydrogen-bond donors (Lipinski definition) is 1. The van der Waals surface area contributed by atoms with Crippen molar-refractivity contribution in [2.75, 3.05) is 31.2 Å². The Morgan fingerprint density at radius 3 is 2.40 bits per heavy atom. The van der Waals surface area contributed by atoms with Crippen LogP contribution in [0.4, 0.5) is 5.88 Å². The number of ether oxygens (including phenoxy) is 1. The van der Waals surface area contributed by atoms with Gasteiger partial charge in [0.1, 0.15) is 11.3 Å². The number of phenols is 1. The van der Waals surface area contributed by atoms with Crippen LogP contribution in [0.1, 0.15) is 0 Å². The number of phenolic OH excluding ortho intramolecular Hbond substituents is 1. The molecule has 0 bridgehead atoms. The zero-order valence-corrected chi connectivity index (χ0v) is 16.4. The SMILES string of the molecule is O=c1cc(N2CCOCC2)oc2c(-c3ccc(O)c(-c4ccccc4)c3)cccc12. The third-order valence-corrected chi connectivity index (χ3v) is 5.46. The van der Waals surface area contributed by atoms with E-state index >= 15 is 0 Å². The summed E-state index contributed by atoms with van der Waals surface area (Å²) in [6.45, 7) is 2.60. The Kier molecular flexibility index (Phi) is 4.73. The lowest BCUT2D eigenvalue weighted by molar-refractivity contribution is 0.121. The summed E-state index contributed by atoms with van der Waals surface area (Å²) in [7, 11) is 0. The summed E-state index contributed by atoms with van der Waals surface area (Å²) < 4.78 is 11.7. The molecule has 5 nitrogen and oxygen atoms in total. The summed E-state index contributed by atoms with van der Waals surface area (Å²) in [5, 5.41) is 11.0. The van der Waals surface area contributed by atoms with Gasteiger partial charge in [0, 0.05) is 30.3 Å². The molecule has 150 valence electrons. The van der Waals surface area contributed by atoms with Crippen molar-refractivity contribution in [1.82, 2.24) is 0 Å². The van der Waals surface area contributed by atoms with E-state index < -0.39 is 0 Å². The van der Waals surface area contributed by atoms with Crippen molar-refractivity contribution in [2.24, 2.45) is 0 Å². The molecule has 0 amide bonds. The molecule has 1 aliphatic heterocycles. The minimum absolute atomic E-state index is 0.0679. The minimum Gasteiger partial charge on any atom is -0.507 e. The molecule has 0 radical (unpaired) electrons. The Morgan fingerprint density at radius 2 is 1.60 bits per heavy atom. The topological polar surface area (TPSA) is 62.9 Å². The molecule has 0 aliphatic carbocycles. The van der Waals surface area contributed by atoms with Crippen molar-refractivity contribution in [3.63, 3.8) is 0 Å². The molecule has 1 fully saturated rings. The van der Waals surface area contributed by atoms with E-state index in [1.807, 2.05) is 59.5 Å². The number of rotatable bonds is 3. The van der Waals surface area contributed by atoms with E-state index in [0.29, 0.717) is 43.2 Å². The fraction of sp³-hybridized carbons (Fsp3) is 0.160. The highest BCUT2D eigenvalue weighted by Gasteiger charge is 2.18.